The molecule has 0 aliphatic rings. The van der Waals surface area contributed by atoms with Crippen molar-refractivity contribution >= 4 is 23.1 Å². The zero-order valence-corrected chi connectivity index (χ0v) is 14.9. The first-order chi connectivity index (χ1) is 13.4. The summed E-state index contributed by atoms with van der Waals surface area (Å²) < 4.78 is 49.8. The van der Waals surface area contributed by atoms with Crippen LogP contribution in [0.4, 0.5) is 36.3 Å². The molecule has 0 spiro atoms. The molecule has 0 bridgehead atoms. The average molecular weight is 391 g/mol. The Kier molecular flexibility index (Phi) is 5.48. The number of anilines is 4. The van der Waals surface area contributed by atoms with Crippen molar-refractivity contribution in [1.29, 1.82) is 0 Å². The maximum Gasteiger partial charge on any atom is 0.418 e. The summed E-state index contributed by atoms with van der Waals surface area (Å²) in [5.74, 6) is 1.28. The molecule has 0 saturated carbocycles. The highest BCUT2D eigenvalue weighted by atomic mass is 19.4. The number of hydrogen-bond donors (Lipinski definition) is 2. The van der Waals surface area contributed by atoms with E-state index < -0.39 is 11.7 Å². The molecule has 146 valence electrons. The Hall–Kier alpha value is -3.56. The Morgan fingerprint density at radius 1 is 0.929 bits per heavy atom. The molecule has 1 aromatic heterocycles. The largest absolute Gasteiger partial charge is 0.497 e. The number of hydrogen-bond acceptors (Lipinski definition) is 7. The highest BCUT2D eigenvalue weighted by molar-refractivity contribution is 5.66. The van der Waals surface area contributed by atoms with Crippen LogP contribution in [0.2, 0.25) is 0 Å². The van der Waals surface area contributed by atoms with E-state index in [0.717, 1.165) is 6.07 Å². The predicted octanol–water partition coefficient (Wildman–Crippen LogP) is 4.39. The van der Waals surface area contributed by atoms with Gasteiger partial charge in [-0.05, 0) is 24.3 Å². The Labute approximate surface area is 158 Å². The van der Waals surface area contributed by atoms with Gasteiger partial charge in [0.2, 0.25) is 5.95 Å². The van der Waals surface area contributed by atoms with E-state index in [1.165, 1.54) is 38.6 Å². The van der Waals surface area contributed by atoms with E-state index in [1.807, 2.05) is 0 Å². The average Bonchev–Trinajstić information content (AvgIpc) is 2.68. The summed E-state index contributed by atoms with van der Waals surface area (Å²) in [7, 11) is 3.03. The highest BCUT2D eigenvalue weighted by Gasteiger charge is 2.33. The lowest BCUT2D eigenvalue weighted by atomic mass is 10.1. The third-order valence-electron chi connectivity index (χ3n) is 3.71. The van der Waals surface area contributed by atoms with Gasteiger partial charge in [0.1, 0.15) is 11.5 Å². The minimum atomic E-state index is -4.51. The van der Waals surface area contributed by atoms with Gasteiger partial charge in [-0.25, -0.2) is 0 Å². The van der Waals surface area contributed by atoms with Gasteiger partial charge >= 0.3 is 6.18 Å². The number of nitrogens with zero attached hydrogens (tertiary/aromatic N) is 3. The summed E-state index contributed by atoms with van der Waals surface area (Å²) in [5.41, 5.74) is -0.421. The molecule has 2 aromatic carbocycles. The van der Waals surface area contributed by atoms with E-state index in [0.29, 0.717) is 17.2 Å². The molecule has 0 fully saturated rings. The summed E-state index contributed by atoms with van der Waals surface area (Å²) in [6.45, 7) is 0. The summed E-state index contributed by atoms with van der Waals surface area (Å²) in [6.07, 6.45) is -3.17. The van der Waals surface area contributed by atoms with Crippen molar-refractivity contribution in [3.05, 3.63) is 54.2 Å². The van der Waals surface area contributed by atoms with Gasteiger partial charge in [0.15, 0.2) is 5.82 Å². The number of methoxy groups -OCH3 is 2. The van der Waals surface area contributed by atoms with Crippen molar-refractivity contribution in [3.8, 4) is 11.5 Å². The molecule has 3 rings (SSSR count). The standard InChI is InChI=1S/C18H16F3N5O2/c1-27-11-7-8-14(15(9-11)28-2)23-16-10-22-26-17(25-16)24-13-6-4-3-5-12(13)18(19,20)21/h3-10H,1-2H3,(H2,23,24,25,26). The minimum Gasteiger partial charge on any atom is -0.497 e. The van der Waals surface area contributed by atoms with Crippen LogP contribution in [0.5, 0.6) is 11.5 Å². The van der Waals surface area contributed by atoms with Gasteiger partial charge in [0.25, 0.3) is 0 Å². The third kappa shape index (κ3) is 4.40. The minimum absolute atomic E-state index is 0.0887. The van der Waals surface area contributed by atoms with Gasteiger partial charge in [0.05, 0.1) is 37.4 Å². The number of ether oxygens (including phenoxy) is 2. The fourth-order valence-electron chi connectivity index (χ4n) is 2.42. The first-order valence-electron chi connectivity index (χ1n) is 8.02. The Morgan fingerprint density at radius 2 is 1.71 bits per heavy atom. The molecular weight excluding hydrogens is 375 g/mol. The van der Waals surface area contributed by atoms with Crippen LogP contribution in [-0.2, 0) is 6.18 Å². The van der Waals surface area contributed by atoms with Gasteiger partial charge in [-0.2, -0.15) is 23.3 Å². The van der Waals surface area contributed by atoms with Crippen molar-refractivity contribution in [2.24, 2.45) is 0 Å². The number of nitrogens with one attached hydrogen (secondary N) is 2. The van der Waals surface area contributed by atoms with Crippen molar-refractivity contribution in [3.63, 3.8) is 0 Å². The molecule has 10 heteroatoms. The molecule has 28 heavy (non-hydrogen) atoms. The van der Waals surface area contributed by atoms with Crippen LogP contribution >= 0.6 is 0 Å². The summed E-state index contributed by atoms with van der Waals surface area (Å²) in [4.78, 5) is 4.15. The molecule has 2 N–H and O–H groups in total. The SMILES string of the molecule is COc1ccc(Nc2cnnc(Nc3ccccc3C(F)(F)F)n2)c(OC)c1. The summed E-state index contributed by atoms with van der Waals surface area (Å²) in [5, 5.41) is 13.1. The van der Waals surface area contributed by atoms with Crippen molar-refractivity contribution in [2.75, 3.05) is 24.9 Å². The molecule has 1 heterocycles. The van der Waals surface area contributed by atoms with Crippen LogP contribution in [0.25, 0.3) is 0 Å². The summed E-state index contributed by atoms with van der Waals surface area (Å²) in [6, 6.07) is 10.2. The Balaban J connectivity index is 1.85. The lowest BCUT2D eigenvalue weighted by Gasteiger charge is -2.14. The molecule has 0 atom stereocenters. The smallest absolute Gasteiger partial charge is 0.418 e. The van der Waals surface area contributed by atoms with E-state index in [1.54, 1.807) is 18.2 Å². The number of alkyl halides is 3. The van der Waals surface area contributed by atoms with Gasteiger partial charge in [-0.1, -0.05) is 12.1 Å². The lowest BCUT2D eigenvalue weighted by Crippen LogP contribution is -2.10. The number of rotatable bonds is 6. The van der Waals surface area contributed by atoms with Crippen LogP contribution < -0.4 is 20.1 Å². The van der Waals surface area contributed by atoms with Crippen molar-refractivity contribution < 1.29 is 22.6 Å². The number of aromatic nitrogens is 3. The molecule has 7 nitrogen and oxygen atoms in total. The fraction of sp³-hybridized carbons (Fsp3) is 0.167. The zero-order valence-electron chi connectivity index (χ0n) is 14.9. The quantitative estimate of drug-likeness (QED) is 0.645. The zero-order chi connectivity index (χ0) is 20.1. The number of halogens is 3. The molecule has 0 saturated heterocycles. The predicted molar refractivity (Wildman–Crippen MR) is 97.4 cm³/mol. The fourth-order valence-corrected chi connectivity index (χ4v) is 2.42. The van der Waals surface area contributed by atoms with Crippen LogP contribution in [0.15, 0.2) is 48.7 Å². The summed E-state index contributed by atoms with van der Waals surface area (Å²) >= 11 is 0. The number of benzene rings is 2. The highest BCUT2D eigenvalue weighted by Crippen LogP contribution is 2.35. The van der Waals surface area contributed by atoms with E-state index in [-0.39, 0.29) is 17.5 Å². The second kappa shape index (κ2) is 7.99. The van der Waals surface area contributed by atoms with Crippen molar-refractivity contribution in [1.82, 2.24) is 15.2 Å². The van der Waals surface area contributed by atoms with Gasteiger partial charge in [-0.3, -0.25) is 0 Å². The van der Waals surface area contributed by atoms with Crippen LogP contribution in [0, 0.1) is 0 Å². The topological polar surface area (TPSA) is 81.2 Å². The van der Waals surface area contributed by atoms with Crippen molar-refractivity contribution in [2.45, 2.75) is 6.18 Å². The second-order valence-electron chi connectivity index (χ2n) is 5.52. The number of para-hydroxylation sites is 1. The lowest BCUT2D eigenvalue weighted by molar-refractivity contribution is -0.136. The van der Waals surface area contributed by atoms with E-state index in [4.69, 9.17) is 9.47 Å². The molecule has 0 aliphatic carbocycles. The molecule has 0 aliphatic heterocycles. The molecule has 0 unspecified atom stereocenters. The first kappa shape index (κ1) is 19.2. The monoisotopic (exact) mass is 391 g/mol. The van der Waals surface area contributed by atoms with Crippen LogP contribution in [0.1, 0.15) is 5.56 Å². The van der Waals surface area contributed by atoms with Gasteiger partial charge < -0.3 is 20.1 Å². The van der Waals surface area contributed by atoms with E-state index in [9.17, 15) is 13.2 Å². The van der Waals surface area contributed by atoms with E-state index in [2.05, 4.69) is 25.8 Å². The maximum absolute atomic E-state index is 13.1. The molecule has 0 radical (unpaired) electrons. The Morgan fingerprint density at radius 3 is 2.43 bits per heavy atom. The van der Waals surface area contributed by atoms with Gasteiger partial charge in [-0.15, -0.1) is 5.10 Å². The van der Waals surface area contributed by atoms with Crippen LogP contribution in [-0.4, -0.2) is 29.4 Å². The normalized spacial score (nSPS) is 11.0. The molecule has 0 amide bonds. The Bertz CT molecular complexity index is 966. The van der Waals surface area contributed by atoms with Gasteiger partial charge in [0, 0.05) is 6.07 Å². The third-order valence-corrected chi connectivity index (χ3v) is 3.71. The molecular formula is C18H16F3N5O2. The maximum atomic E-state index is 13.1. The van der Waals surface area contributed by atoms with E-state index >= 15 is 0 Å². The first-order valence-corrected chi connectivity index (χ1v) is 8.02. The second-order valence-corrected chi connectivity index (χ2v) is 5.52. The van der Waals surface area contributed by atoms with Crippen LogP contribution in [0.3, 0.4) is 0 Å². The molecule has 3 aromatic rings.